The van der Waals surface area contributed by atoms with E-state index < -0.39 is 0 Å². The summed E-state index contributed by atoms with van der Waals surface area (Å²) in [7, 11) is 3.23. The largest absolute Gasteiger partial charge is 0.543 e. The lowest BCUT2D eigenvalue weighted by molar-refractivity contribution is 0.223. The molecule has 0 heterocycles. The fourth-order valence-corrected chi connectivity index (χ4v) is 0.268. The molecule has 0 aromatic heterocycles. The fourth-order valence-electron chi connectivity index (χ4n) is 0.0894. The molecule has 0 aromatic rings. The average Bonchev–Trinajstić information content (AvgIpc) is 1.65. The van der Waals surface area contributed by atoms with Gasteiger partial charge in [0.2, 0.25) is 4.72 Å². The summed E-state index contributed by atoms with van der Waals surface area (Å²) in [6.07, 6.45) is 0. The molecule has 0 fully saturated rings. The summed E-state index contributed by atoms with van der Waals surface area (Å²) in [6.45, 7) is 0. The zero-order chi connectivity index (χ0) is 5.86. The van der Waals surface area contributed by atoms with Crippen molar-refractivity contribution in [1.29, 1.82) is 0 Å². The van der Waals surface area contributed by atoms with Gasteiger partial charge in [-0.25, -0.2) is 0 Å². The van der Waals surface area contributed by atoms with Crippen molar-refractivity contribution in [3.63, 3.8) is 0 Å². The van der Waals surface area contributed by atoms with Crippen molar-refractivity contribution in [3.8, 4) is 0 Å². The Morgan fingerprint density at radius 1 is 1.71 bits per heavy atom. The molecular formula is C3H7N2OS+. The van der Waals surface area contributed by atoms with Crippen molar-refractivity contribution in [2.24, 2.45) is 0 Å². The molecule has 0 aliphatic carbocycles. The standard InChI is InChI=1S/C3H7N2OS/c1-5(2)3(6)4-7/h7H,1-2H3/q+1. The third kappa shape index (κ3) is 2.47. The Hall–Kier alpha value is -0.220. The van der Waals surface area contributed by atoms with Gasteiger partial charge in [0.25, 0.3) is 0 Å². The molecule has 0 unspecified atom stereocenters. The second kappa shape index (κ2) is 2.87. The van der Waals surface area contributed by atoms with E-state index in [0.29, 0.717) is 0 Å². The number of hydrogen-bond donors (Lipinski definition) is 1. The number of carbonyl (C=O) groups is 1. The maximum absolute atomic E-state index is 10.2. The van der Waals surface area contributed by atoms with Crippen LogP contribution in [0.1, 0.15) is 0 Å². The van der Waals surface area contributed by atoms with Gasteiger partial charge >= 0.3 is 6.03 Å². The van der Waals surface area contributed by atoms with E-state index in [-0.39, 0.29) is 6.03 Å². The number of urea groups is 1. The van der Waals surface area contributed by atoms with Gasteiger partial charge in [0, 0.05) is 14.1 Å². The minimum atomic E-state index is -0.330. The quantitative estimate of drug-likeness (QED) is 0.451. The lowest BCUT2D eigenvalue weighted by atomic mass is 10.9. The van der Waals surface area contributed by atoms with E-state index >= 15 is 0 Å². The van der Waals surface area contributed by atoms with Gasteiger partial charge in [0.1, 0.15) is 0 Å². The highest BCUT2D eigenvalue weighted by Gasteiger charge is 2.15. The van der Waals surface area contributed by atoms with Crippen molar-refractivity contribution >= 4 is 18.8 Å². The van der Waals surface area contributed by atoms with E-state index in [1.54, 1.807) is 14.1 Å². The summed E-state index contributed by atoms with van der Waals surface area (Å²) in [5.74, 6) is 0. The van der Waals surface area contributed by atoms with E-state index in [9.17, 15) is 4.79 Å². The monoisotopic (exact) mass is 119 g/mol. The van der Waals surface area contributed by atoms with Gasteiger partial charge in [-0.2, -0.15) is 4.79 Å². The van der Waals surface area contributed by atoms with Crippen molar-refractivity contribution < 1.29 is 4.79 Å². The Bertz CT molecular complexity index is 73.3. The first-order valence-electron chi connectivity index (χ1n) is 1.75. The van der Waals surface area contributed by atoms with Crippen LogP contribution in [0.4, 0.5) is 4.79 Å². The lowest BCUT2D eigenvalue weighted by Crippen LogP contribution is -2.24. The summed E-state index contributed by atoms with van der Waals surface area (Å²) in [4.78, 5) is 11.5. The van der Waals surface area contributed by atoms with Gasteiger partial charge in [-0.15, -0.1) is 0 Å². The van der Waals surface area contributed by atoms with Crippen LogP contribution >= 0.6 is 12.8 Å². The zero-order valence-corrected chi connectivity index (χ0v) is 5.14. The molecule has 40 valence electrons. The van der Waals surface area contributed by atoms with Crippen molar-refractivity contribution in [3.05, 3.63) is 0 Å². The predicted octanol–water partition coefficient (Wildman–Crippen LogP) is 0.117. The Morgan fingerprint density at radius 3 is 2.14 bits per heavy atom. The molecule has 0 aliphatic heterocycles. The number of carbonyl (C=O) groups excluding carboxylic acids is 1. The van der Waals surface area contributed by atoms with E-state index in [1.165, 1.54) is 4.90 Å². The topological polar surface area (TPSA) is 34.4 Å². The summed E-state index contributed by atoms with van der Waals surface area (Å²) in [5.41, 5.74) is 0. The molecule has 0 saturated carbocycles. The first kappa shape index (κ1) is 6.78. The molecule has 0 bridgehead atoms. The molecule has 0 aromatic carbocycles. The van der Waals surface area contributed by atoms with Crippen LogP contribution in [0.5, 0.6) is 0 Å². The maximum atomic E-state index is 10.2. The summed E-state index contributed by atoms with van der Waals surface area (Å²) >= 11 is 3.39. The smallest absolute Gasteiger partial charge is 0.288 e. The lowest BCUT2D eigenvalue weighted by Gasteiger charge is -1.93. The molecule has 4 heteroatoms. The van der Waals surface area contributed by atoms with Gasteiger partial charge in [-0.3, -0.25) is 4.90 Å². The van der Waals surface area contributed by atoms with Crippen LogP contribution in [-0.2, 0) is 0 Å². The Labute approximate surface area is 48.2 Å². The van der Waals surface area contributed by atoms with E-state index in [1.807, 2.05) is 0 Å². The number of thiol groups is 1. The van der Waals surface area contributed by atoms with Crippen molar-refractivity contribution in [2.75, 3.05) is 14.1 Å². The number of rotatable bonds is 0. The van der Waals surface area contributed by atoms with Crippen molar-refractivity contribution in [1.82, 2.24) is 9.62 Å². The highest BCUT2D eigenvalue weighted by molar-refractivity contribution is 7.78. The van der Waals surface area contributed by atoms with Crippen molar-refractivity contribution in [2.45, 2.75) is 0 Å². The summed E-state index contributed by atoms with van der Waals surface area (Å²) in [5, 5.41) is 0. The molecule has 7 heavy (non-hydrogen) atoms. The first-order valence-corrected chi connectivity index (χ1v) is 2.15. The molecule has 0 spiro atoms. The van der Waals surface area contributed by atoms with E-state index in [0.717, 1.165) is 0 Å². The highest BCUT2D eigenvalue weighted by atomic mass is 32.1. The van der Waals surface area contributed by atoms with E-state index in [2.05, 4.69) is 17.5 Å². The minimum absolute atomic E-state index is 0.330. The third-order valence-corrected chi connectivity index (χ3v) is 0.639. The van der Waals surface area contributed by atoms with Gasteiger partial charge in [-0.1, -0.05) is 0 Å². The number of hydrogen-bond acceptors (Lipinski definition) is 2. The molecule has 0 rings (SSSR count). The van der Waals surface area contributed by atoms with Crippen LogP contribution in [0.2, 0.25) is 0 Å². The number of nitrogens with zero attached hydrogens (tertiary/aromatic N) is 2. The van der Waals surface area contributed by atoms with E-state index in [4.69, 9.17) is 0 Å². The average molecular weight is 119 g/mol. The highest BCUT2D eigenvalue weighted by Crippen LogP contribution is 1.78. The Morgan fingerprint density at radius 2 is 2.14 bits per heavy atom. The molecule has 2 amide bonds. The summed E-state index contributed by atoms with van der Waals surface area (Å²) < 4.78 is 3.07. The predicted molar refractivity (Wildman–Crippen MR) is 30.2 cm³/mol. The van der Waals surface area contributed by atoms with Gasteiger partial charge in [0.15, 0.2) is 12.8 Å². The number of amides is 2. The molecule has 3 nitrogen and oxygen atoms in total. The zero-order valence-electron chi connectivity index (χ0n) is 4.25. The second-order valence-electron chi connectivity index (χ2n) is 1.28. The SMILES string of the molecule is CN(C)C(=O)[N+]S. The Kier molecular flexibility index (Phi) is 2.78. The molecule has 2 radical (unpaired) electrons. The maximum Gasteiger partial charge on any atom is 0.543 e. The molecule has 0 saturated heterocycles. The Balaban J connectivity index is 3.35. The van der Waals surface area contributed by atoms with Gasteiger partial charge in [-0.05, 0) is 0 Å². The fraction of sp³-hybridized carbons (Fsp3) is 0.667. The molecule has 0 atom stereocenters. The molecule has 0 aliphatic rings. The van der Waals surface area contributed by atoms with Crippen LogP contribution in [0.15, 0.2) is 0 Å². The van der Waals surface area contributed by atoms with Gasteiger partial charge < -0.3 is 0 Å². The first-order chi connectivity index (χ1) is 3.18. The van der Waals surface area contributed by atoms with Crippen LogP contribution < -0.4 is 4.72 Å². The summed E-state index contributed by atoms with van der Waals surface area (Å²) in [6, 6.07) is -0.330. The van der Waals surface area contributed by atoms with Crippen LogP contribution in [0, 0.1) is 0 Å². The normalized spacial score (nSPS) is 8.43. The second-order valence-corrected chi connectivity index (χ2v) is 1.48. The molecular weight excluding hydrogens is 112 g/mol. The van der Waals surface area contributed by atoms with Crippen LogP contribution in [0.3, 0.4) is 0 Å². The van der Waals surface area contributed by atoms with Crippen LogP contribution in [0.25, 0.3) is 0 Å². The third-order valence-electron chi connectivity index (χ3n) is 0.468. The minimum Gasteiger partial charge on any atom is -0.288 e. The van der Waals surface area contributed by atoms with Crippen LogP contribution in [-0.4, -0.2) is 25.0 Å². The van der Waals surface area contributed by atoms with Gasteiger partial charge in [0.05, 0.1) is 0 Å². The molecule has 0 N–H and O–H groups in total.